The number of ether oxygens (including phenoxy) is 2. The van der Waals surface area contributed by atoms with Gasteiger partial charge in [-0.1, -0.05) is 11.6 Å². The van der Waals surface area contributed by atoms with Gasteiger partial charge in [-0.2, -0.15) is 13.2 Å². The minimum Gasteiger partial charge on any atom is -0.466 e. The molecule has 1 N–H and O–H groups in total. The molecule has 0 unspecified atom stereocenters. The Morgan fingerprint density at radius 2 is 1.86 bits per heavy atom. The number of esters is 2. The molecule has 0 aliphatic heterocycles. The molecular weight excluding hydrogens is 327 g/mol. The minimum atomic E-state index is -4.55. The van der Waals surface area contributed by atoms with Gasteiger partial charge in [-0.05, 0) is 18.2 Å². The predicted octanol–water partition coefficient (Wildman–Crippen LogP) is 3.00. The Labute approximate surface area is 128 Å². The summed E-state index contributed by atoms with van der Waals surface area (Å²) < 4.78 is 46.4. The molecule has 1 rings (SSSR count). The number of rotatable bonds is 4. The highest BCUT2D eigenvalue weighted by Crippen LogP contribution is 2.34. The smallest absolute Gasteiger partial charge is 0.416 e. The molecule has 5 nitrogen and oxygen atoms in total. The van der Waals surface area contributed by atoms with Gasteiger partial charge in [0.1, 0.15) is 5.70 Å². The normalized spacial score (nSPS) is 11.8. The van der Waals surface area contributed by atoms with E-state index in [1.54, 1.807) is 0 Å². The Bertz CT molecular complexity index is 614. The lowest BCUT2D eigenvalue weighted by Gasteiger charge is -2.13. The van der Waals surface area contributed by atoms with Gasteiger partial charge in [0, 0.05) is 0 Å². The third-order valence-electron chi connectivity index (χ3n) is 2.43. The first-order valence-electron chi connectivity index (χ1n) is 5.70. The molecule has 0 saturated carbocycles. The van der Waals surface area contributed by atoms with Crippen molar-refractivity contribution in [2.24, 2.45) is 0 Å². The highest BCUT2D eigenvalue weighted by Gasteiger charge is 2.31. The molecule has 0 aliphatic rings. The van der Waals surface area contributed by atoms with Crippen molar-refractivity contribution in [3.8, 4) is 0 Å². The standard InChI is InChI=1S/C13H11ClF3NO4/c1-21-11(19)6-10(12(20)22-2)18-9-4-3-7(5-8(9)14)13(15,16)17/h3-6,18H,1-2H3/b10-6+. The molecule has 0 spiro atoms. The van der Waals surface area contributed by atoms with Crippen molar-refractivity contribution >= 4 is 29.2 Å². The summed E-state index contributed by atoms with van der Waals surface area (Å²) in [6, 6.07) is 2.50. The summed E-state index contributed by atoms with van der Waals surface area (Å²) in [5, 5.41) is 2.15. The molecule has 0 saturated heterocycles. The number of carbonyl (C=O) groups excluding carboxylic acids is 2. The Morgan fingerprint density at radius 3 is 2.32 bits per heavy atom. The molecule has 0 amide bonds. The number of methoxy groups -OCH3 is 2. The lowest BCUT2D eigenvalue weighted by molar-refractivity contribution is -0.138. The second-order valence-corrected chi connectivity index (χ2v) is 4.30. The number of carbonyl (C=O) groups is 2. The van der Waals surface area contributed by atoms with Gasteiger partial charge in [0.25, 0.3) is 0 Å². The maximum Gasteiger partial charge on any atom is 0.416 e. The van der Waals surface area contributed by atoms with Crippen molar-refractivity contribution in [3.63, 3.8) is 0 Å². The summed E-state index contributed by atoms with van der Waals surface area (Å²) in [5.74, 6) is -1.77. The summed E-state index contributed by atoms with van der Waals surface area (Å²) in [6.45, 7) is 0. The number of halogens is 4. The molecule has 0 heterocycles. The van der Waals surface area contributed by atoms with Gasteiger partial charge in [0.05, 0.1) is 36.6 Å². The molecule has 0 radical (unpaired) electrons. The SMILES string of the molecule is COC(=O)/C=C(/Nc1ccc(C(F)(F)F)cc1Cl)C(=O)OC. The molecule has 0 bridgehead atoms. The first kappa shape index (κ1) is 17.8. The molecule has 1 aromatic rings. The number of benzene rings is 1. The first-order valence-corrected chi connectivity index (χ1v) is 6.08. The number of hydrogen-bond acceptors (Lipinski definition) is 5. The summed E-state index contributed by atoms with van der Waals surface area (Å²) in [6.07, 6.45) is -3.75. The van der Waals surface area contributed by atoms with Crippen LogP contribution in [0.1, 0.15) is 5.56 Å². The zero-order valence-electron chi connectivity index (χ0n) is 11.5. The van der Waals surface area contributed by atoms with Crippen molar-refractivity contribution < 1.29 is 32.2 Å². The third-order valence-corrected chi connectivity index (χ3v) is 2.75. The molecule has 120 valence electrons. The molecule has 9 heteroatoms. The zero-order chi connectivity index (χ0) is 16.9. The van der Waals surface area contributed by atoms with Gasteiger partial charge in [-0.25, -0.2) is 9.59 Å². The van der Waals surface area contributed by atoms with Crippen LogP contribution < -0.4 is 5.32 Å². The Balaban J connectivity index is 3.12. The molecule has 0 fully saturated rings. The second-order valence-electron chi connectivity index (χ2n) is 3.89. The van der Waals surface area contributed by atoms with Crippen LogP contribution >= 0.6 is 11.6 Å². The maximum atomic E-state index is 12.5. The van der Waals surface area contributed by atoms with Crippen LogP contribution in [0, 0.1) is 0 Å². The van der Waals surface area contributed by atoms with Crippen molar-refractivity contribution in [3.05, 3.63) is 40.6 Å². The van der Waals surface area contributed by atoms with E-state index in [-0.39, 0.29) is 16.4 Å². The van der Waals surface area contributed by atoms with Gasteiger partial charge < -0.3 is 14.8 Å². The van der Waals surface area contributed by atoms with E-state index in [0.29, 0.717) is 6.07 Å². The largest absolute Gasteiger partial charge is 0.466 e. The average Bonchev–Trinajstić information content (AvgIpc) is 2.46. The number of anilines is 1. The number of alkyl halides is 3. The van der Waals surface area contributed by atoms with Gasteiger partial charge in [-0.3, -0.25) is 0 Å². The van der Waals surface area contributed by atoms with Gasteiger partial charge in [-0.15, -0.1) is 0 Å². The molecule has 0 aliphatic carbocycles. The highest BCUT2D eigenvalue weighted by atomic mass is 35.5. The maximum absolute atomic E-state index is 12.5. The zero-order valence-corrected chi connectivity index (χ0v) is 12.2. The van der Waals surface area contributed by atoms with E-state index in [9.17, 15) is 22.8 Å². The predicted molar refractivity (Wildman–Crippen MR) is 72.2 cm³/mol. The van der Waals surface area contributed by atoms with E-state index in [1.807, 2.05) is 0 Å². The van der Waals surface area contributed by atoms with Crippen LogP contribution in [0.15, 0.2) is 30.0 Å². The van der Waals surface area contributed by atoms with E-state index in [4.69, 9.17) is 11.6 Å². The Hall–Kier alpha value is -2.22. The molecule has 0 atom stereocenters. The van der Waals surface area contributed by atoms with Crippen LogP contribution in [0.2, 0.25) is 5.02 Å². The Kier molecular flexibility index (Phi) is 5.81. The lowest BCUT2D eigenvalue weighted by Crippen LogP contribution is -2.16. The van der Waals surface area contributed by atoms with Crippen molar-refractivity contribution in [2.45, 2.75) is 6.18 Å². The quantitative estimate of drug-likeness (QED) is 0.676. The topological polar surface area (TPSA) is 64.6 Å². The molecule has 0 aromatic heterocycles. The van der Waals surface area contributed by atoms with E-state index >= 15 is 0 Å². The average molecular weight is 338 g/mol. The van der Waals surface area contributed by atoms with Crippen LogP contribution in [0.5, 0.6) is 0 Å². The van der Waals surface area contributed by atoms with E-state index in [0.717, 1.165) is 32.4 Å². The van der Waals surface area contributed by atoms with Crippen LogP contribution in [-0.2, 0) is 25.2 Å². The number of nitrogens with one attached hydrogen (secondary N) is 1. The van der Waals surface area contributed by atoms with Crippen LogP contribution in [-0.4, -0.2) is 26.2 Å². The van der Waals surface area contributed by atoms with Crippen molar-refractivity contribution in [2.75, 3.05) is 19.5 Å². The van der Waals surface area contributed by atoms with Crippen molar-refractivity contribution in [1.82, 2.24) is 0 Å². The first-order chi connectivity index (χ1) is 10.2. The van der Waals surface area contributed by atoms with Gasteiger partial charge in [0.2, 0.25) is 0 Å². The second kappa shape index (κ2) is 7.17. The fraction of sp³-hybridized carbons (Fsp3) is 0.231. The molecule has 22 heavy (non-hydrogen) atoms. The minimum absolute atomic E-state index is 0.00443. The van der Waals surface area contributed by atoms with Crippen LogP contribution in [0.4, 0.5) is 18.9 Å². The summed E-state index contributed by atoms with van der Waals surface area (Å²) >= 11 is 5.74. The van der Waals surface area contributed by atoms with E-state index in [2.05, 4.69) is 14.8 Å². The summed E-state index contributed by atoms with van der Waals surface area (Å²) in [4.78, 5) is 22.7. The van der Waals surface area contributed by atoms with Gasteiger partial charge >= 0.3 is 18.1 Å². The van der Waals surface area contributed by atoms with E-state index < -0.39 is 23.7 Å². The fourth-order valence-corrected chi connectivity index (χ4v) is 1.60. The summed E-state index contributed by atoms with van der Waals surface area (Å²) in [7, 11) is 2.17. The highest BCUT2D eigenvalue weighted by molar-refractivity contribution is 6.33. The number of hydrogen-bond donors (Lipinski definition) is 1. The lowest BCUT2D eigenvalue weighted by atomic mass is 10.2. The van der Waals surface area contributed by atoms with Gasteiger partial charge in [0.15, 0.2) is 0 Å². The third kappa shape index (κ3) is 4.66. The van der Waals surface area contributed by atoms with Crippen molar-refractivity contribution in [1.29, 1.82) is 0 Å². The Morgan fingerprint density at radius 1 is 1.23 bits per heavy atom. The summed E-state index contributed by atoms with van der Waals surface area (Å²) in [5.41, 5.74) is -1.29. The monoisotopic (exact) mass is 337 g/mol. The molecular formula is C13H11ClF3NO4. The van der Waals surface area contributed by atoms with Crippen LogP contribution in [0.25, 0.3) is 0 Å². The van der Waals surface area contributed by atoms with E-state index in [1.165, 1.54) is 0 Å². The molecule has 1 aromatic carbocycles. The van der Waals surface area contributed by atoms with Crippen LogP contribution in [0.3, 0.4) is 0 Å². The fourth-order valence-electron chi connectivity index (χ4n) is 1.37.